The summed E-state index contributed by atoms with van der Waals surface area (Å²) in [5.41, 5.74) is 11.2. The quantitative estimate of drug-likeness (QED) is 0.670. The Balaban J connectivity index is 2.48. The van der Waals surface area contributed by atoms with E-state index in [-0.39, 0.29) is 6.04 Å². The minimum absolute atomic E-state index is 0.0743. The van der Waals surface area contributed by atoms with Crippen molar-refractivity contribution >= 4 is 0 Å². The Morgan fingerprint density at radius 3 is 2.58 bits per heavy atom. The molecule has 0 amide bonds. The summed E-state index contributed by atoms with van der Waals surface area (Å²) >= 11 is 0. The van der Waals surface area contributed by atoms with Crippen molar-refractivity contribution < 1.29 is 0 Å². The molecule has 0 saturated heterocycles. The van der Waals surface area contributed by atoms with E-state index in [0.29, 0.717) is 12.4 Å². The van der Waals surface area contributed by atoms with Gasteiger partial charge in [-0.2, -0.15) is 0 Å². The summed E-state index contributed by atoms with van der Waals surface area (Å²) < 4.78 is 0. The van der Waals surface area contributed by atoms with E-state index < -0.39 is 0 Å². The summed E-state index contributed by atoms with van der Waals surface area (Å²) in [5, 5.41) is 0. The molecular formula is C8H14N4. The Morgan fingerprint density at radius 1 is 1.33 bits per heavy atom. The van der Waals surface area contributed by atoms with Crippen molar-refractivity contribution in [3.05, 3.63) is 24.3 Å². The van der Waals surface area contributed by atoms with E-state index in [4.69, 9.17) is 11.5 Å². The molecule has 0 spiro atoms. The third kappa shape index (κ3) is 2.56. The molecule has 0 fully saturated rings. The molecule has 1 aromatic rings. The largest absolute Gasteiger partial charge is 0.330 e. The van der Waals surface area contributed by atoms with Gasteiger partial charge in [0, 0.05) is 12.4 Å². The van der Waals surface area contributed by atoms with Crippen LogP contribution in [0.5, 0.6) is 0 Å². The second kappa shape index (κ2) is 4.79. The van der Waals surface area contributed by atoms with Crippen molar-refractivity contribution in [1.82, 2.24) is 9.97 Å². The van der Waals surface area contributed by atoms with Crippen LogP contribution in [0.4, 0.5) is 0 Å². The molecule has 4 heteroatoms. The first-order valence-electron chi connectivity index (χ1n) is 4.07. The van der Waals surface area contributed by atoms with Crippen LogP contribution >= 0.6 is 0 Å². The van der Waals surface area contributed by atoms with Crippen molar-refractivity contribution in [1.29, 1.82) is 0 Å². The number of nitrogens with two attached hydrogens (primary N) is 2. The molecular weight excluding hydrogens is 152 g/mol. The highest BCUT2D eigenvalue weighted by Crippen LogP contribution is 2.08. The standard InChI is InChI=1S/C8H14N4/c9-4-1-3-7(10)8-11-5-2-6-12-8/h2,5-7H,1,3-4,9-10H2. The fraction of sp³-hybridized carbons (Fsp3) is 0.500. The molecule has 1 aromatic heterocycles. The van der Waals surface area contributed by atoms with E-state index in [2.05, 4.69) is 9.97 Å². The van der Waals surface area contributed by atoms with E-state index in [1.165, 1.54) is 0 Å². The first-order chi connectivity index (χ1) is 5.84. The lowest BCUT2D eigenvalue weighted by Crippen LogP contribution is -2.15. The lowest BCUT2D eigenvalue weighted by Gasteiger charge is -2.07. The molecule has 1 atom stereocenters. The van der Waals surface area contributed by atoms with E-state index in [1.807, 2.05) is 0 Å². The normalized spacial score (nSPS) is 12.8. The molecule has 0 aliphatic rings. The number of rotatable bonds is 4. The highest BCUT2D eigenvalue weighted by molar-refractivity contribution is 4.94. The van der Waals surface area contributed by atoms with Gasteiger partial charge in [-0.05, 0) is 25.5 Å². The third-order valence-electron chi connectivity index (χ3n) is 1.64. The third-order valence-corrected chi connectivity index (χ3v) is 1.64. The van der Waals surface area contributed by atoms with Crippen molar-refractivity contribution in [2.24, 2.45) is 11.5 Å². The van der Waals surface area contributed by atoms with Crippen LogP contribution in [0.25, 0.3) is 0 Å². The Hall–Kier alpha value is -1.00. The van der Waals surface area contributed by atoms with Crippen molar-refractivity contribution in [2.75, 3.05) is 6.54 Å². The van der Waals surface area contributed by atoms with Crippen molar-refractivity contribution in [2.45, 2.75) is 18.9 Å². The van der Waals surface area contributed by atoms with Crippen LogP contribution in [0.1, 0.15) is 24.7 Å². The SMILES string of the molecule is NCCCC(N)c1ncccn1. The van der Waals surface area contributed by atoms with Gasteiger partial charge in [0.1, 0.15) is 5.82 Å². The molecule has 0 radical (unpaired) electrons. The molecule has 0 bridgehead atoms. The monoisotopic (exact) mass is 166 g/mol. The highest BCUT2D eigenvalue weighted by Gasteiger charge is 2.06. The molecule has 66 valence electrons. The van der Waals surface area contributed by atoms with E-state index in [1.54, 1.807) is 18.5 Å². The number of nitrogens with zero attached hydrogens (tertiary/aromatic N) is 2. The maximum absolute atomic E-state index is 5.80. The van der Waals surface area contributed by atoms with E-state index in [9.17, 15) is 0 Å². The summed E-state index contributed by atoms with van der Waals surface area (Å²) in [5.74, 6) is 0.700. The van der Waals surface area contributed by atoms with Gasteiger partial charge in [-0.3, -0.25) is 0 Å². The molecule has 4 nitrogen and oxygen atoms in total. The maximum atomic E-state index is 5.80. The van der Waals surface area contributed by atoms with Crippen LogP contribution in [0.15, 0.2) is 18.5 Å². The first kappa shape index (κ1) is 9.09. The van der Waals surface area contributed by atoms with Gasteiger partial charge in [-0.25, -0.2) is 9.97 Å². The van der Waals surface area contributed by atoms with Gasteiger partial charge in [0.25, 0.3) is 0 Å². The van der Waals surface area contributed by atoms with Gasteiger partial charge in [0.2, 0.25) is 0 Å². The Bertz CT molecular complexity index is 212. The summed E-state index contributed by atoms with van der Waals surface area (Å²) in [6.45, 7) is 0.667. The second-order valence-electron chi connectivity index (χ2n) is 2.64. The van der Waals surface area contributed by atoms with E-state index in [0.717, 1.165) is 12.8 Å². The van der Waals surface area contributed by atoms with Crippen LogP contribution in [0, 0.1) is 0 Å². The topological polar surface area (TPSA) is 77.8 Å². The highest BCUT2D eigenvalue weighted by atomic mass is 14.9. The van der Waals surface area contributed by atoms with Crippen molar-refractivity contribution in [3.63, 3.8) is 0 Å². The zero-order valence-corrected chi connectivity index (χ0v) is 6.98. The molecule has 1 unspecified atom stereocenters. The van der Waals surface area contributed by atoms with Crippen LogP contribution < -0.4 is 11.5 Å². The zero-order chi connectivity index (χ0) is 8.81. The Morgan fingerprint density at radius 2 is 2.00 bits per heavy atom. The lowest BCUT2D eigenvalue weighted by atomic mass is 10.1. The van der Waals surface area contributed by atoms with Crippen LogP contribution in [0.3, 0.4) is 0 Å². The van der Waals surface area contributed by atoms with Crippen molar-refractivity contribution in [3.8, 4) is 0 Å². The fourth-order valence-electron chi connectivity index (χ4n) is 0.969. The maximum Gasteiger partial charge on any atom is 0.144 e. The van der Waals surface area contributed by atoms with Crippen LogP contribution in [-0.2, 0) is 0 Å². The molecule has 0 aromatic carbocycles. The molecule has 1 rings (SSSR count). The second-order valence-corrected chi connectivity index (χ2v) is 2.64. The predicted molar refractivity (Wildman–Crippen MR) is 47.2 cm³/mol. The number of hydrogen-bond acceptors (Lipinski definition) is 4. The summed E-state index contributed by atoms with van der Waals surface area (Å²) in [6, 6.07) is 1.70. The van der Waals surface area contributed by atoms with E-state index >= 15 is 0 Å². The van der Waals surface area contributed by atoms with Gasteiger partial charge < -0.3 is 11.5 Å². The Labute approximate surface area is 72.0 Å². The molecule has 0 aliphatic heterocycles. The molecule has 12 heavy (non-hydrogen) atoms. The zero-order valence-electron chi connectivity index (χ0n) is 6.98. The van der Waals surface area contributed by atoms with Gasteiger partial charge >= 0.3 is 0 Å². The fourth-order valence-corrected chi connectivity index (χ4v) is 0.969. The molecule has 0 saturated carbocycles. The summed E-state index contributed by atoms with van der Waals surface area (Å²) in [7, 11) is 0. The minimum Gasteiger partial charge on any atom is -0.330 e. The van der Waals surface area contributed by atoms with Gasteiger partial charge in [0.05, 0.1) is 6.04 Å². The lowest BCUT2D eigenvalue weighted by molar-refractivity contribution is 0.586. The minimum atomic E-state index is -0.0743. The molecule has 0 aliphatic carbocycles. The van der Waals surface area contributed by atoms with Gasteiger partial charge in [-0.15, -0.1) is 0 Å². The predicted octanol–water partition coefficient (Wildman–Crippen LogP) is 0.215. The Kier molecular flexibility index (Phi) is 3.63. The van der Waals surface area contributed by atoms with Gasteiger partial charge in [-0.1, -0.05) is 0 Å². The smallest absolute Gasteiger partial charge is 0.144 e. The summed E-state index contributed by atoms with van der Waals surface area (Å²) in [4.78, 5) is 8.11. The molecule has 1 heterocycles. The molecule has 4 N–H and O–H groups in total. The number of aromatic nitrogens is 2. The number of hydrogen-bond donors (Lipinski definition) is 2. The first-order valence-corrected chi connectivity index (χ1v) is 4.07. The van der Waals surface area contributed by atoms with Crippen LogP contribution in [-0.4, -0.2) is 16.5 Å². The van der Waals surface area contributed by atoms with Gasteiger partial charge in [0.15, 0.2) is 0 Å². The van der Waals surface area contributed by atoms with Crippen LogP contribution in [0.2, 0.25) is 0 Å². The summed E-state index contributed by atoms with van der Waals surface area (Å²) in [6.07, 6.45) is 5.16. The average molecular weight is 166 g/mol. The average Bonchev–Trinajstić information content (AvgIpc) is 2.15.